The van der Waals surface area contributed by atoms with Crippen molar-refractivity contribution in [3.05, 3.63) is 64.5 Å². The monoisotopic (exact) mass is 411 g/mol. The molecular formula is C22H25N3O5. The highest BCUT2D eigenvalue weighted by molar-refractivity contribution is 5.83. The quantitative estimate of drug-likeness (QED) is 0.472. The number of ether oxygens (including phenoxy) is 1. The van der Waals surface area contributed by atoms with Crippen molar-refractivity contribution >= 4 is 18.0 Å². The molecule has 158 valence electrons. The summed E-state index contributed by atoms with van der Waals surface area (Å²) in [5, 5.41) is 9.18. The van der Waals surface area contributed by atoms with Crippen LogP contribution < -0.4 is 11.6 Å². The molecule has 30 heavy (non-hydrogen) atoms. The lowest BCUT2D eigenvalue weighted by Crippen LogP contribution is -2.41. The summed E-state index contributed by atoms with van der Waals surface area (Å²) in [6.07, 6.45) is 6.37. The molecule has 1 heterocycles. The molecule has 1 aromatic heterocycles. The van der Waals surface area contributed by atoms with Gasteiger partial charge in [0.15, 0.2) is 0 Å². The standard InChI is InChI=1S/C22H25N3O5/c23-21(28)17-9-4-8-15-16-10-5-11-22(30-24,29-13-18(26)27)20(16)25(19(15)17)12-14-6-2-1-3-7-14/h1-3,5-7,10,17H,4,8-9,11-13,24H2,(H2,23,28)(H,26,27). The smallest absolute Gasteiger partial charge is 0.329 e. The summed E-state index contributed by atoms with van der Waals surface area (Å²) in [5.74, 6) is 2.30. The van der Waals surface area contributed by atoms with Crippen LogP contribution in [0.1, 0.15) is 53.3 Å². The number of hydrogen-bond acceptors (Lipinski definition) is 5. The number of aromatic nitrogens is 1. The Morgan fingerprint density at radius 3 is 2.70 bits per heavy atom. The van der Waals surface area contributed by atoms with E-state index in [-0.39, 0.29) is 12.3 Å². The molecule has 0 saturated heterocycles. The zero-order valence-corrected chi connectivity index (χ0v) is 16.5. The van der Waals surface area contributed by atoms with Crippen LogP contribution in [0.4, 0.5) is 0 Å². The molecule has 5 N–H and O–H groups in total. The number of primary amides is 1. The van der Waals surface area contributed by atoms with E-state index in [2.05, 4.69) is 0 Å². The highest BCUT2D eigenvalue weighted by Crippen LogP contribution is 2.46. The molecule has 2 aliphatic carbocycles. The van der Waals surface area contributed by atoms with E-state index in [4.69, 9.17) is 21.2 Å². The van der Waals surface area contributed by atoms with Crippen molar-refractivity contribution < 1.29 is 24.3 Å². The molecule has 0 spiro atoms. The second-order valence-electron chi connectivity index (χ2n) is 7.70. The first-order valence-electron chi connectivity index (χ1n) is 9.96. The first-order chi connectivity index (χ1) is 14.5. The van der Waals surface area contributed by atoms with Crippen molar-refractivity contribution in [2.75, 3.05) is 6.61 Å². The van der Waals surface area contributed by atoms with Crippen LogP contribution in [0.25, 0.3) is 6.08 Å². The molecule has 1 amide bonds. The number of carboxylic acids is 1. The van der Waals surface area contributed by atoms with Gasteiger partial charge in [0.2, 0.25) is 11.7 Å². The zero-order chi connectivity index (χ0) is 21.3. The van der Waals surface area contributed by atoms with Gasteiger partial charge in [-0.2, -0.15) is 0 Å². The molecule has 0 fully saturated rings. The van der Waals surface area contributed by atoms with Gasteiger partial charge in [-0.05, 0) is 30.4 Å². The van der Waals surface area contributed by atoms with E-state index in [0.717, 1.165) is 35.2 Å². The summed E-state index contributed by atoms with van der Waals surface area (Å²) in [6, 6.07) is 9.79. The Morgan fingerprint density at radius 1 is 1.27 bits per heavy atom. The third-order valence-electron chi connectivity index (χ3n) is 5.88. The summed E-state index contributed by atoms with van der Waals surface area (Å²) >= 11 is 0. The van der Waals surface area contributed by atoms with Crippen molar-refractivity contribution in [1.82, 2.24) is 4.57 Å². The molecular weight excluding hydrogens is 386 g/mol. The zero-order valence-electron chi connectivity index (χ0n) is 16.5. The molecule has 0 bridgehead atoms. The van der Waals surface area contributed by atoms with Gasteiger partial charge in [0.05, 0.1) is 11.6 Å². The van der Waals surface area contributed by atoms with Gasteiger partial charge in [0.1, 0.15) is 6.61 Å². The predicted octanol–water partition coefficient (Wildman–Crippen LogP) is 2.00. The largest absolute Gasteiger partial charge is 0.480 e. The number of carbonyl (C=O) groups excluding carboxylic acids is 1. The van der Waals surface area contributed by atoms with Crippen LogP contribution in [0.3, 0.4) is 0 Å². The third kappa shape index (κ3) is 3.43. The van der Waals surface area contributed by atoms with Gasteiger partial charge in [0.25, 0.3) is 0 Å². The fourth-order valence-electron chi connectivity index (χ4n) is 4.66. The lowest BCUT2D eigenvalue weighted by Gasteiger charge is -2.34. The van der Waals surface area contributed by atoms with E-state index < -0.39 is 24.3 Å². The molecule has 0 radical (unpaired) electrons. The van der Waals surface area contributed by atoms with Gasteiger partial charge in [-0.3, -0.25) is 9.63 Å². The van der Waals surface area contributed by atoms with Crippen LogP contribution in [0.15, 0.2) is 36.4 Å². The Morgan fingerprint density at radius 2 is 2.03 bits per heavy atom. The molecule has 0 saturated carbocycles. The van der Waals surface area contributed by atoms with Gasteiger partial charge in [-0.25, -0.2) is 10.7 Å². The molecule has 0 aliphatic heterocycles. The lowest BCUT2D eigenvalue weighted by atomic mass is 9.84. The Hall–Kier alpha value is -2.94. The van der Waals surface area contributed by atoms with Crippen molar-refractivity contribution in [2.24, 2.45) is 11.6 Å². The normalized spacial score (nSPS) is 22.4. The molecule has 2 atom stereocenters. The predicted molar refractivity (Wildman–Crippen MR) is 109 cm³/mol. The van der Waals surface area contributed by atoms with Crippen LogP contribution in [-0.2, 0) is 37.9 Å². The molecule has 1 aromatic carbocycles. The number of aliphatic carboxylic acids is 1. The number of amides is 1. The Bertz CT molecular complexity index is 998. The van der Waals surface area contributed by atoms with E-state index in [9.17, 15) is 14.7 Å². The van der Waals surface area contributed by atoms with Gasteiger partial charge in [-0.1, -0.05) is 42.5 Å². The minimum Gasteiger partial charge on any atom is -0.480 e. The number of benzene rings is 1. The van der Waals surface area contributed by atoms with Crippen LogP contribution >= 0.6 is 0 Å². The van der Waals surface area contributed by atoms with Crippen molar-refractivity contribution in [1.29, 1.82) is 0 Å². The molecule has 2 aromatic rings. The summed E-state index contributed by atoms with van der Waals surface area (Å²) in [7, 11) is 0. The van der Waals surface area contributed by atoms with E-state index in [1.54, 1.807) is 0 Å². The summed E-state index contributed by atoms with van der Waals surface area (Å²) in [6.45, 7) is -0.109. The number of rotatable bonds is 7. The summed E-state index contributed by atoms with van der Waals surface area (Å²) in [4.78, 5) is 28.9. The average molecular weight is 411 g/mol. The Labute approximate surface area is 174 Å². The SMILES string of the molecule is NOC1(OCC(=O)O)CC=Cc2c3c(n(Cc4ccccc4)c21)C(C(N)=O)CCC3. The highest BCUT2D eigenvalue weighted by atomic mass is 16.8. The lowest BCUT2D eigenvalue weighted by molar-refractivity contribution is -0.253. The van der Waals surface area contributed by atoms with Gasteiger partial charge < -0.3 is 20.1 Å². The second-order valence-corrected chi connectivity index (χ2v) is 7.70. The maximum absolute atomic E-state index is 12.3. The third-order valence-corrected chi connectivity index (χ3v) is 5.88. The highest BCUT2D eigenvalue weighted by Gasteiger charge is 2.45. The summed E-state index contributed by atoms with van der Waals surface area (Å²) in [5.41, 5.74) is 10.2. The minimum atomic E-state index is -1.46. The van der Waals surface area contributed by atoms with E-state index in [1.165, 1.54) is 0 Å². The number of fused-ring (bicyclic) bond motifs is 3. The number of hydrogen-bond donors (Lipinski definition) is 3. The fraction of sp³-hybridized carbons (Fsp3) is 0.364. The Balaban J connectivity index is 1.94. The fourth-order valence-corrected chi connectivity index (χ4v) is 4.66. The van der Waals surface area contributed by atoms with Crippen molar-refractivity contribution in [3.8, 4) is 0 Å². The van der Waals surface area contributed by atoms with E-state index >= 15 is 0 Å². The van der Waals surface area contributed by atoms with Gasteiger partial charge in [0, 0.05) is 24.2 Å². The molecule has 2 aliphatic rings. The summed E-state index contributed by atoms with van der Waals surface area (Å²) < 4.78 is 7.72. The van der Waals surface area contributed by atoms with E-state index in [1.807, 2.05) is 47.1 Å². The molecule has 8 nitrogen and oxygen atoms in total. The van der Waals surface area contributed by atoms with Gasteiger partial charge >= 0.3 is 5.97 Å². The van der Waals surface area contributed by atoms with E-state index in [0.29, 0.717) is 18.7 Å². The molecule has 4 rings (SSSR count). The van der Waals surface area contributed by atoms with Crippen molar-refractivity contribution in [3.63, 3.8) is 0 Å². The maximum atomic E-state index is 12.3. The topological polar surface area (TPSA) is 130 Å². The van der Waals surface area contributed by atoms with Crippen molar-refractivity contribution in [2.45, 2.75) is 43.9 Å². The minimum absolute atomic E-state index is 0.253. The molecule has 8 heteroatoms. The molecule has 2 unspecified atom stereocenters. The number of nitrogens with two attached hydrogens (primary N) is 2. The van der Waals surface area contributed by atoms with Crippen LogP contribution in [-0.4, -0.2) is 28.2 Å². The number of carbonyl (C=O) groups is 2. The number of carboxylic acid groups (broad SMARTS) is 1. The first kappa shape index (κ1) is 20.3. The van der Waals surface area contributed by atoms with Crippen LogP contribution in [0.2, 0.25) is 0 Å². The van der Waals surface area contributed by atoms with Crippen LogP contribution in [0.5, 0.6) is 0 Å². The average Bonchev–Trinajstić information content (AvgIpc) is 3.07. The second kappa shape index (κ2) is 8.06. The van der Waals surface area contributed by atoms with Crippen LogP contribution in [0, 0.1) is 0 Å². The maximum Gasteiger partial charge on any atom is 0.329 e. The Kier molecular flexibility index (Phi) is 5.46. The number of nitrogens with zero attached hydrogens (tertiary/aromatic N) is 1. The van der Waals surface area contributed by atoms with Gasteiger partial charge in [-0.15, -0.1) is 0 Å². The first-order valence-corrected chi connectivity index (χ1v) is 9.96.